The molecule has 0 aliphatic rings. The summed E-state index contributed by atoms with van der Waals surface area (Å²) >= 11 is 6.22. The van der Waals surface area contributed by atoms with E-state index < -0.39 is 0 Å². The standard InChI is InChI=1S/C15H20ClNO/c1-4-9-18-15-11(2)10-14(16)12(3)13(15)7-5-6-8-17/h10H,4-7,9H2,1-3H3. The van der Waals surface area contributed by atoms with Gasteiger partial charge in [-0.05, 0) is 55.9 Å². The predicted octanol–water partition coefficient (Wildman–Crippen LogP) is 4.59. The van der Waals surface area contributed by atoms with Gasteiger partial charge in [0, 0.05) is 11.4 Å². The molecule has 0 bridgehead atoms. The third kappa shape index (κ3) is 3.65. The zero-order chi connectivity index (χ0) is 13.5. The van der Waals surface area contributed by atoms with Crippen LogP contribution in [0.15, 0.2) is 6.07 Å². The SMILES string of the molecule is CCCOc1c(C)cc(Cl)c(C)c1CCCC#N. The number of nitrogens with zero attached hydrogens (tertiary/aromatic N) is 1. The van der Waals surface area contributed by atoms with Gasteiger partial charge in [-0.3, -0.25) is 0 Å². The van der Waals surface area contributed by atoms with E-state index in [0.717, 1.165) is 46.7 Å². The highest BCUT2D eigenvalue weighted by atomic mass is 35.5. The first kappa shape index (κ1) is 14.9. The molecule has 0 spiro atoms. The van der Waals surface area contributed by atoms with Crippen LogP contribution in [0.1, 0.15) is 42.9 Å². The van der Waals surface area contributed by atoms with Gasteiger partial charge in [-0.1, -0.05) is 18.5 Å². The Morgan fingerprint density at radius 3 is 2.72 bits per heavy atom. The lowest BCUT2D eigenvalue weighted by Gasteiger charge is -2.17. The van der Waals surface area contributed by atoms with Crippen LogP contribution in [0.5, 0.6) is 5.75 Å². The van der Waals surface area contributed by atoms with Crippen LogP contribution in [0.3, 0.4) is 0 Å². The molecule has 0 amide bonds. The van der Waals surface area contributed by atoms with E-state index in [1.54, 1.807) is 0 Å². The number of unbranched alkanes of at least 4 members (excludes halogenated alkanes) is 1. The largest absolute Gasteiger partial charge is 0.493 e. The highest BCUT2D eigenvalue weighted by Crippen LogP contribution is 2.33. The van der Waals surface area contributed by atoms with Gasteiger partial charge in [-0.15, -0.1) is 0 Å². The van der Waals surface area contributed by atoms with Gasteiger partial charge in [0.2, 0.25) is 0 Å². The van der Waals surface area contributed by atoms with Gasteiger partial charge in [0.05, 0.1) is 12.7 Å². The Kier molecular flexibility index (Phi) is 6.01. The maximum absolute atomic E-state index is 8.63. The fourth-order valence-corrected chi connectivity index (χ4v) is 2.24. The molecule has 3 heteroatoms. The monoisotopic (exact) mass is 265 g/mol. The van der Waals surface area contributed by atoms with Gasteiger partial charge >= 0.3 is 0 Å². The fourth-order valence-electron chi connectivity index (χ4n) is 1.97. The van der Waals surface area contributed by atoms with Crippen molar-refractivity contribution in [2.75, 3.05) is 6.61 Å². The van der Waals surface area contributed by atoms with Crippen LogP contribution >= 0.6 is 11.6 Å². The van der Waals surface area contributed by atoms with E-state index in [1.165, 1.54) is 0 Å². The first-order valence-corrected chi connectivity index (χ1v) is 6.77. The molecule has 2 nitrogen and oxygen atoms in total. The molecule has 0 unspecified atom stereocenters. The average Bonchev–Trinajstić information content (AvgIpc) is 2.34. The van der Waals surface area contributed by atoms with Gasteiger partial charge in [-0.2, -0.15) is 5.26 Å². The lowest BCUT2D eigenvalue weighted by atomic mass is 9.98. The number of benzene rings is 1. The molecule has 98 valence electrons. The van der Waals surface area contributed by atoms with Crippen LogP contribution in [0.2, 0.25) is 5.02 Å². The van der Waals surface area contributed by atoms with E-state index in [4.69, 9.17) is 21.6 Å². The Hall–Kier alpha value is -1.20. The zero-order valence-corrected chi connectivity index (χ0v) is 12.1. The minimum atomic E-state index is 0.568. The Morgan fingerprint density at radius 2 is 2.11 bits per heavy atom. The maximum atomic E-state index is 8.63. The number of aryl methyl sites for hydroxylation is 1. The second-order valence-corrected chi connectivity index (χ2v) is 4.88. The lowest BCUT2D eigenvalue weighted by molar-refractivity contribution is 0.311. The normalized spacial score (nSPS) is 10.2. The minimum Gasteiger partial charge on any atom is -0.493 e. The van der Waals surface area contributed by atoms with Crippen molar-refractivity contribution in [1.82, 2.24) is 0 Å². The molecule has 18 heavy (non-hydrogen) atoms. The van der Waals surface area contributed by atoms with Crippen LogP contribution in [0.4, 0.5) is 0 Å². The number of halogens is 1. The maximum Gasteiger partial charge on any atom is 0.125 e. The molecule has 0 fully saturated rings. The van der Waals surface area contributed by atoms with E-state index in [1.807, 2.05) is 19.9 Å². The van der Waals surface area contributed by atoms with Crippen LogP contribution < -0.4 is 4.74 Å². The van der Waals surface area contributed by atoms with Crippen molar-refractivity contribution in [3.05, 3.63) is 27.8 Å². The molecule has 1 aromatic carbocycles. The van der Waals surface area contributed by atoms with Crippen LogP contribution in [-0.4, -0.2) is 6.61 Å². The van der Waals surface area contributed by atoms with E-state index in [2.05, 4.69) is 13.0 Å². The number of hydrogen-bond donors (Lipinski definition) is 0. The summed E-state index contributed by atoms with van der Waals surface area (Å²) in [6, 6.07) is 4.13. The average molecular weight is 266 g/mol. The van der Waals surface area contributed by atoms with Crippen molar-refractivity contribution in [3.63, 3.8) is 0 Å². The molecule has 0 aromatic heterocycles. The van der Waals surface area contributed by atoms with E-state index in [0.29, 0.717) is 13.0 Å². The summed E-state index contributed by atoms with van der Waals surface area (Å²) in [7, 11) is 0. The highest BCUT2D eigenvalue weighted by Gasteiger charge is 2.13. The molecule has 1 aromatic rings. The van der Waals surface area contributed by atoms with Gasteiger partial charge in [-0.25, -0.2) is 0 Å². The van der Waals surface area contributed by atoms with E-state index >= 15 is 0 Å². The van der Waals surface area contributed by atoms with Crippen LogP contribution in [0, 0.1) is 25.2 Å². The Bertz CT molecular complexity index is 449. The summed E-state index contributed by atoms with van der Waals surface area (Å²) < 4.78 is 5.84. The molecule has 0 radical (unpaired) electrons. The van der Waals surface area contributed by atoms with Gasteiger partial charge in [0.25, 0.3) is 0 Å². The summed E-state index contributed by atoms with van der Waals surface area (Å²) in [5, 5.41) is 9.41. The molecule has 0 heterocycles. The predicted molar refractivity (Wildman–Crippen MR) is 75.3 cm³/mol. The fraction of sp³-hybridized carbons (Fsp3) is 0.533. The summed E-state index contributed by atoms with van der Waals surface area (Å²) in [5.74, 6) is 0.955. The highest BCUT2D eigenvalue weighted by molar-refractivity contribution is 6.31. The zero-order valence-electron chi connectivity index (χ0n) is 11.3. The van der Waals surface area contributed by atoms with Crippen LogP contribution in [0.25, 0.3) is 0 Å². The van der Waals surface area contributed by atoms with Gasteiger partial charge < -0.3 is 4.74 Å². The topological polar surface area (TPSA) is 33.0 Å². The number of rotatable bonds is 6. The second-order valence-electron chi connectivity index (χ2n) is 4.47. The van der Waals surface area contributed by atoms with E-state index in [9.17, 15) is 0 Å². The Labute approximate surface area is 115 Å². The first-order chi connectivity index (χ1) is 8.61. The third-order valence-electron chi connectivity index (χ3n) is 2.95. The Morgan fingerprint density at radius 1 is 1.39 bits per heavy atom. The van der Waals surface area contributed by atoms with Crippen molar-refractivity contribution in [2.24, 2.45) is 0 Å². The summed E-state index contributed by atoms with van der Waals surface area (Å²) in [4.78, 5) is 0. The summed E-state index contributed by atoms with van der Waals surface area (Å²) in [6.07, 6.45) is 3.25. The first-order valence-electron chi connectivity index (χ1n) is 6.40. The molecule has 0 N–H and O–H groups in total. The molecule has 0 atom stereocenters. The molecule has 0 aliphatic heterocycles. The number of nitriles is 1. The quantitative estimate of drug-likeness (QED) is 0.705. The van der Waals surface area contributed by atoms with Gasteiger partial charge in [0.15, 0.2) is 0 Å². The molecular formula is C15H20ClNO. The van der Waals surface area contributed by atoms with Crippen molar-refractivity contribution in [1.29, 1.82) is 5.26 Å². The Balaban J connectivity index is 3.04. The second kappa shape index (κ2) is 7.28. The van der Waals surface area contributed by atoms with Crippen LogP contribution in [-0.2, 0) is 6.42 Å². The van der Waals surface area contributed by atoms with Crippen molar-refractivity contribution in [2.45, 2.75) is 46.5 Å². The molecule has 0 aliphatic carbocycles. The van der Waals surface area contributed by atoms with Crippen molar-refractivity contribution in [3.8, 4) is 11.8 Å². The van der Waals surface area contributed by atoms with Crippen molar-refractivity contribution < 1.29 is 4.74 Å². The smallest absolute Gasteiger partial charge is 0.125 e. The molecular weight excluding hydrogens is 246 g/mol. The summed E-state index contributed by atoms with van der Waals surface area (Å²) in [5.41, 5.74) is 3.31. The van der Waals surface area contributed by atoms with Gasteiger partial charge in [0.1, 0.15) is 5.75 Å². The van der Waals surface area contributed by atoms with Crippen molar-refractivity contribution >= 4 is 11.6 Å². The summed E-state index contributed by atoms with van der Waals surface area (Å²) in [6.45, 7) is 6.84. The lowest BCUT2D eigenvalue weighted by Crippen LogP contribution is -2.03. The molecule has 1 rings (SSSR count). The minimum absolute atomic E-state index is 0.568. The third-order valence-corrected chi connectivity index (χ3v) is 3.34. The molecule has 0 saturated carbocycles. The number of hydrogen-bond acceptors (Lipinski definition) is 2. The molecule has 0 saturated heterocycles. The van der Waals surface area contributed by atoms with E-state index in [-0.39, 0.29) is 0 Å². The number of ether oxygens (including phenoxy) is 1.